The van der Waals surface area contributed by atoms with Crippen LogP contribution in [0, 0.1) is 18.2 Å². The smallest absolute Gasteiger partial charge is 0.279 e. The highest BCUT2D eigenvalue weighted by atomic mass is 32.1. The topological polar surface area (TPSA) is 52.8 Å². The van der Waals surface area contributed by atoms with Gasteiger partial charge in [-0.1, -0.05) is 23.3 Å². The van der Waals surface area contributed by atoms with Crippen molar-refractivity contribution in [2.24, 2.45) is 4.99 Å². The maximum atomic E-state index is 14.2. The van der Waals surface area contributed by atoms with Crippen molar-refractivity contribution in [3.8, 4) is 23.8 Å². The second-order valence-electron chi connectivity index (χ2n) is 5.28. The Labute approximate surface area is 153 Å². The lowest BCUT2D eigenvalue weighted by Crippen LogP contribution is -2.17. The van der Waals surface area contributed by atoms with E-state index in [2.05, 4.69) is 10.9 Å². The number of hydrogen-bond acceptors (Lipinski definition) is 4. The van der Waals surface area contributed by atoms with Crippen molar-refractivity contribution in [2.75, 3.05) is 14.2 Å². The van der Waals surface area contributed by atoms with E-state index in [1.807, 2.05) is 0 Å². The Morgan fingerprint density at radius 1 is 1.27 bits per heavy atom. The van der Waals surface area contributed by atoms with Gasteiger partial charge in [0.2, 0.25) is 0 Å². The number of carbonyl (C=O) groups is 1. The van der Waals surface area contributed by atoms with E-state index in [4.69, 9.17) is 15.9 Å². The van der Waals surface area contributed by atoms with Gasteiger partial charge in [-0.25, -0.2) is 4.39 Å². The predicted molar refractivity (Wildman–Crippen MR) is 98.0 cm³/mol. The van der Waals surface area contributed by atoms with Gasteiger partial charge in [0.25, 0.3) is 5.91 Å². The number of hydrogen-bond donors (Lipinski definition) is 0. The minimum absolute atomic E-state index is 0.106. The third kappa shape index (κ3) is 3.32. The van der Waals surface area contributed by atoms with Crippen molar-refractivity contribution in [3.63, 3.8) is 0 Å². The van der Waals surface area contributed by atoms with Crippen LogP contribution in [0.25, 0.3) is 10.2 Å². The lowest BCUT2D eigenvalue weighted by atomic mass is 10.2. The van der Waals surface area contributed by atoms with Crippen molar-refractivity contribution >= 4 is 27.5 Å². The number of terminal acetylenes is 1. The molecule has 3 aromatic rings. The monoisotopic (exact) mass is 370 g/mol. The molecule has 0 saturated heterocycles. The summed E-state index contributed by atoms with van der Waals surface area (Å²) < 4.78 is 26.7. The first-order chi connectivity index (χ1) is 12.6. The van der Waals surface area contributed by atoms with Crippen molar-refractivity contribution < 1.29 is 18.7 Å². The molecule has 0 radical (unpaired) electrons. The Morgan fingerprint density at radius 2 is 1.96 bits per heavy atom. The molecule has 0 fully saturated rings. The molecule has 0 aliphatic heterocycles. The number of rotatable bonds is 4. The van der Waals surface area contributed by atoms with Crippen LogP contribution in [0.2, 0.25) is 0 Å². The molecule has 0 bridgehead atoms. The zero-order valence-corrected chi connectivity index (χ0v) is 15.0. The van der Waals surface area contributed by atoms with Crippen molar-refractivity contribution in [3.05, 3.63) is 52.6 Å². The molecule has 0 N–H and O–H groups in total. The normalized spacial score (nSPS) is 11.4. The van der Waals surface area contributed by atoms with Crippen LogP contribution in [0.1, 0.15) is 10.4 Å². The van der Waals surface area contributed by atoms with Crippen molar-refractivity contribution in [1.29, 1.82) is 0 Å². The van der Waals surface area contributed by atoms with E-state index in [0.717, 1.165) is 0 Å². The Bertz CT molecular complexity index is 1070. The van der Waals surface area contributed by atoms with E-state index in [0.29, 0.717) is 32.1 Å². The number of benzene rings is 2. The minimum atomic E-state index is -0.500. The molecule has 0 aliphatic rings. The lowest BCUT2D eigenvalue weighted by molar-refractivity contribution is 0.0997. The summed E-state index contributed by atoms with van der Waals surface area (Å²) in [4.78, 5) is 17.1. The number of thiazole rings is 1. The molecule has 1 aromatic heterocycles. The van der Waals surface area contributed by atoms with Crippen molar-refractivity contribution in [2.45, 2.75) is 6.54 Å². The number of amides is 1. The highest BCUT2D eigenvalue weighted by molar-refractivity contribution is 7.16. The van der Waals surface area contributed by atoms with E-state index in [1.165, 1.54) is 36.2 Å². The first kappa shape index (κ1) is 17.7. The molecule has 0 unspecified atom stereocenters. The standard InChI is InChI=1S/C19H15FN2O3S/c1-4-8-22-17-15(20)6-5-7-16(17)26-19(22)21-18(23)12-9-13(24-2)11-14(10-12)25-3/h1,5-7,9-11H,8H2,2-3H3. The number of halogens is 1. The first-order valence-corrected chi connectivity index (χ1v) is 8.42. The van der Waals surface area contributed by atoms with E-state index in [-0.39, 0.29) is 6.54 Å². The summed E-state index contributed by atoms with van der Waals surface area (Å²) in [6.45, 7) is 0.106. The van der Waals surface area contributed by atoms with Crippen LogP contribution < -0.4 is 14.3 Å². The van der Waals surface area contributed by atoms with Gasteiger partial charge in [0.15, 0.2) is 4.80 Å². The fourth-order valence-corrected chi connectivity index (χ4v) is 3.53. The average molecular weight is 370 g/mol. The number of ether oxygens (including phenoxy) is 2. The van der Waals surface area contributed by atoms with Gasteiger partial charge in [-0.05, 0) is 24.3 Å². The number of methoxy groups -OCH3 is 2. The van der Waals surface area contributed by atoms with Crippen molar-refractivity contribution in [1.82, 2.24) is 4.57 Å². The third-order valence-electron chi connectivity index (χ3n) is 3.70. The van der Waals surface area contributed by atoms with E-state index in [9.17, 15) is 9.18 Å². The zero-order chi connectivity index (χ0) is 18.7. The summed E-state index contributed by atoms with van der Waals surface area (Å²) in [5.41, 5.74) is 0.636. The van der Waals surface area contributed by atoms with E-state index in [1.54, 1.807) is 30.3 Å². The molecule has 0 atom stereocenters. The van der Waals surface area contributed by atoms with E-state index < -0.39 is 11.7 Å². The molecule has 1 amide bonds. The third-order valence-corrected chi connectivity index (χ3v) is 4.74. The second kappa shape index (κ2) is 7.42. The summed E-state index contributed by atoms with van der Waals surface area (Å²) in [5.74, 6) is 2.51. The maximum Gasteiger partial charge on any atom is 0.279 e. The van der Waals surface area contributed by atoms with Gasteiger partial charge in [-0.3, -0.25) is 4.79 Å². The fraction of sp³-hybridized carbons (Fsp3) is 0.158. The lowest BCUT2D eigenvalue weighted by Gasteiger charge is -2.06. The summed E-state index contributed by atoms with van der Waals surface area (Å²) in [7, 11) is 2.99. The van der Waals surface area contributed by atoms with Crippen LogP contribution in [0.3, 0.4) is 0 Å². The molecule has 0 spiro atoms. The van der Waals surface area contributed by atoms with Gasteiger partial charge < -0.3 is 14.0 Å². The first-order valence-electron chi connectivity index (χ1n) is 7.61. The fourth-order valence-electron chi connectivity index (χ4n) is 2.49. The number of para-hydroxylation sites is 1. The molecule has 0 saturated carbocycles. The molecule has 2 aromatic carbocycles. The van der Waals surface area contributed by atoms with Gasteiger partial charge in [0, 0.05) is 11.6 Å². The van der Waals surface area contributed by atoms with Crippen LogP contribution >= 0.6 is 11.3 Å². The molecular weight excluding hydrogens is 355 g/mol. The van der Waals surface area contributed by atoms with Crippen LogP contribution in [-0.2, 0) is 6.54 Å². The molecular formula is C19H15FN2O3S. The van der Waals surface area contributed by atoms with Crippen LogP contribution in [0.5, 0.6) is 11.5 Å². The quantitative estimate of drug-likeness (QED) is 0.663. The van der Waals surface area contributed by atoms with Crippen LogP contribution in [-0.4, -0.2) is 24.7 Å². The summed E-state index contributed by atoms with van der Waals surface area (Å²) in [6, 6.07) is 9.49. The second-order valence-corrected chi connectivity index (χ2v) is 6.29. The molecule has 3 rings (SSSR count). The van der Waals surface area contributed by atoms with Gasteiger partial charge in [0.05, 0.1) is 31.0 Å². The summed E-state index contributed by atoms with van der Waals surface area (Å²) >= 11 is 1.20. The molecule has 132 valence electrons. The number of aromatic nitrogens is 1. The molecule has 5 nitrogen and oxygen atoms in total. The number of fused-ring (bicyclic) bond motifs is 1. The molecule has 0 aliphatic carbocycles. The van der Waals surface area contributed by atoms with Gasteiger partial charge in [0.1, 0.15) is 17.3 Å². The SMILES string of the molecule is C#CCn1c(=NC(=O)c2cc(OC)cc(OC)c2)sc2cccc(F)c21. The number of nitrogens with zero attached hydrogens (tertiary/aromatic N) is 2. The molecule has 1 heterocycles. The van der Waals surface area contributed by atoms with Gasteiger partial charge >= 0.3 is 0 Å². The molecule has 26 heavy (non-hydrogen) atoms. The summed E-state index contributed by atoms with van der Waals surface area (Å²) in [6.07, 6.45) is 5.40. The largest absolute Gasteiger partial charge is 0.497 e. The zero-order valence-electron chi connectivity index (χ0n) is 14.2. The Hall–Kier alpha value is -3.11. The summed E-state index contributed by atoms with van der Waals surface area (Å²) in [5, 5.41) is 0. The maximum absolute atomic E-state index is 14.2. The van der Waals surface area contributed by atoms with Crippen LogP contribution in [0.4, 0.5) is 4.39 Å². The Balaban J connectivity index is 2.16. The highest BCUT2D eigenvalue weighted by Gasteiger charge is 2.13. The Kier molecular flexibility index (Phi) is 5.05. The number of carbonyl (C=O) groups excluding carboxylic acids is 1. The van der Waals surface area contributed by atoms with Gasteiger partial charge in [-0.2, -0.15) is 4.99 Å². The molecule has 7 heteroatoms. The van der Waals surface area contributed by atoms with Crippen LogP contribution in [0.15, 0.2) is 41.4 Å². The minimum Gasteiger partial charge on any atom is -0.497 e. The predicted octanol–water partition coefficient (Wildman–Crippen LogP) is 3.23. The Morgan fingerprint density at radius 3 is 2.58 bits per heavy atom. The van der Waals surface area contributed by atoms with E-state index >= 15 is 0 Å². The van der Waals surface area contributed by atoms with Gasteiger partial charge in [-0.15, -0.1) is 6.42 Å². The average Bonchev–Trinajstić information content (AvgIpc) is 3.00. The highest BCUT2D eigenvalue weighted by Crippen LogP contribution is 2.23.